The molecule has 1 N–H and O–H groups in total. The van der Waals surface area contributed by atoms with Gasteiger partial charge in [-0.3, -0.25) is 4.72 Å². The number of guanidine groups is 1. The molecule has 0 spiro atoms. The van der Waals surface area contributed by atoms with Gasteiger partial charge in [-0.1, -0.05) is 11.6 Å². The lowest BCUT2D eigenvalue weighted by molar-refractivity contribution is 0.824. The van der Waals surface area contributed by atoms with Crippen molar-refractivity contribution >= 4 is 35.2 Å². The first-order chi connectivity index (χ1) is 7.58. The monoisotopic (exact) mass is 255 g/mol. The maximum absolute atomic E-state index is 5.96. The van der Waals surface area contributed by atoms with Crippen molar-refractivity contribution in [3.05, 3.63) is 23.2 Å². The molecule has 86 valence electrons. The molecule has 0 aliphatic carbocycles. The number of benzene rings is 1. The predicted octanol–water partition coefficient (Wildman–Crippen LogP) is 3.15. The normalized spacial score (nSPS) is 17.6. The number of nitrogens with one attached hydrogen (secondary N) is 1. The van der Waals surface area contributed by atoms with Gasteiger partial charge in [0, 0.05) is 18.1 Å². The highest BCUT2D eigenvalue weighted by Crippen LogP contribution is 2.34. The Kier molecular flexibility index (Phi) is 3.30. The molecule has 0 aromatic heterocycles. The van der Waals surface area contributed by atoms with Crippen LogP contribution >= 0.6 is 23.5 Å². The van der Waals surface area contributed by atoms with Crippen LogP contribution < -0.4 is 9.62 Å². The van der Waals surface area contributed by atoms with E-state index in [1.807, 2.05) is 30.1 Å². The van der Waals surface area contributed by atoms with Crippen molar-refractivity contribution in [3.63, 3.8) is 0 Å². The van der Waals surface area contributed by atoms with Gasteiger partial charge in [0.15, 0.2) is 0 Å². The minimum Gasteiger partial charge on any atom is -0.314 e. The molecule has 16 heavy (non-hydrogen) atoms. The molecule has 5 heteroatoms. The highest BCUT2D eigenvalue weighted by atomic mass is 35.5. The maximum Gasteiger partial charge on any atom is 0.208 e. The first kappa shape index (κ1) is 11.6. The SMILES string of the molecule is CC(C)N=C1NSc2cc(Cl)ccc2N1C. The summed E-state index contributed by atoms with van der Waals surface area (Å²) < 4.78 is 3.22. The molecule has 0 unspecified atom stereocenters. The van der Waals surface area contributed by atoms with E-state index < -0.39 is 0 Å². The van der Waals surface area contributed by atoms with Crippen LogP contribution in [0.15, 0.2) is 28.1 Å². The van der Waals surface area contributed by atoms with Crippen LogP contribution in [0.4, 0.5) is 5.69 Å². The summed E-state index contributed by atoms with van der Waals surface area (Å²) in [7, 11) is 2.00. The Labute approximate surface area is 105 Å². The van der Waals surface area contributed by atoms with E-state index in [2.05, 4.69) is 23.6 Å². The largest absolute Gasteiger partial charge is 0.314 e. The number of nitrogens with zero attached hydrogens (tertiary/aromatic N) is 2. The quantitative estimate of drug-likeness (QED) is 0.782. The van der Waals surface area contributed by atoms with Crippen LogP contribution in [0.1, 0.15) is 13.8 Å². The van der Waals surface area contributed by atoms with Crippen molar-refractivity contribution in [2.24, 2.45) is 4.99 Å². The molecular weight excluding hydrogens is 242 g/mol. The summed E-state index contributed by atoms with van der Waals surface area (Å²) in [6, 6.07) is 6.15. The van der Waals surface area contributed by atoms with Gasteiger partial charge in [-0.25, -0.2) is 4.99 Å². The first-order valence-electron chi connectivity index (χ1n) is 5.12. The summed E-state index contributed by atoms with van der Waals surface area (Å²) in [4.78, 5) is 7.68. The lowest BCUT2D eigenvalue weighted by Gasteiger charge is -2.29. The van der Waals surface area contributed by atoms with E-state index in [-0.39, 0.29) is 6.04 Å². The van der Waals surface area contributed by atoms with E-state index in [1.54, 1.807) is 11.9 Å². The summed E-state index contributed by atoms with van der Waals surface area (Å²) in [6.07, 6.45) is 0. The van der Waals surface area contributed by atoms with Crippen LogP contribution in [-0.2, 0) is 0 Å². The van der Waals surface area contributed by atoms with Gasteiger partial charge in [-0.2, -0.15) is 0 Å². The topological polar surface area (TPSA) is 27.6 Å². The van der Waals surface area contributed by atoms with Gasteiger partial charge in [0.05, 0.1) is 10.6 Å². The molecule has 0 amide bonds. The molecule has 1 heterocycles. The van der Waals surface area contributed by atoms with Crippen LogP contribution in [0.5, 0.6) is 0 Å². The van der Waals surface area contributed by atoms with Gasteiger partial charge in [-0.15, -0.1) is 0 Å². The second-order valence-corrected chi connectivity index (χ2v) is 5.21. The second kappa shape index (κ2) is 4.55. The zero-order chi connectivity index (χ0) is 11.7. The average molecular weight is 256 g/mol. The van der Waals surface area contributed by atoms with Gasteiger partial charge in [0.2, 0.25) is 5.96 Å². The summed E-state index contributed by atoms with van der Waals surface area (Å²) in [5, 5.41) is 0.755. The van der Waals surface area contributed by atoms with Crippen LogP contribution in [-0.4, -0.2) is 19.0 Å². The minimum atomic E-state index is 0.277. The third-order valence-electron chi connectivity index (χ3n) is 2.23. The van der Waals surface area contributed by atoms with Crippen LogP contribution in [0.2, 0.25) is 5.02 Å². The fourth-order valence-corrected chi connectivity index (χ4v) is 2.61. The fraction of sp³-hybridized carbons (Fsp3) is 0.364. The van der Waals surface area contributed by atoms with Crippen molar-refractivity contribution in [2.75, 3.05) is 11.9 Å². The number of rotatable bonds is 1. The maximum atomic E-state index is 5.96. The molecule has 0 saturated carbocycles. The van der Waals surface area contributed by atoms with Crippen LogP contribution in [0.25, 0.3) is 0 Å². The summed E-state index contributed by atoms with van der Waals surface area (Å²) >= 11 is 7.51. The smallest absolute Gasteiger partial charge is 0.208 e. The van der Waals surface area contributed by atoms with E-state index in [1.165, 1.54) is 0 Å². The zero-order valence-electron chi connectivity index (χ0n) is 9.49. The molecule has 1 aromatic carbocycles. The van der Waals surface area contributed by atoms with Crippen molar-refractivity contribution < 1.29 is 0 Å². The van der Waals surface area contributed by atoms with Crippen molar-refractivity contribution in [1.29, 1.82) is 0 Å². The Morgan fingerprint density at radius 2 is 2.19 bits per heavy atom. The molecule has 0 bridgehead atoms. The minimum absolute atomic E-state index is 0.277. The van der Waals surface area contributed by atoms with Gasteiger partial charge in [0.25, 0.3) is 0 Å². The molecular formula is C11H14ClN3S. The number of hydrogen-bond acceptors (Lipinski definition) is 2. The number of aliphatic imine (C=N–C) groups is 1. The standard InChI is InChI=1S/C11H14ClN3S/c1-7(2)13-11-14-16-10-6-8(12)4-5-9(10)15(11)3/h4-7H,1-3H3,(H,13,14). The van der Waals surface area contributed by atoms with Crippen LogP contribution in [0, 0.1) is 0 Å². The van der Waals surface area contributed by atoms with E-state index in [9.17, 15) is 0 Å². The van der Waals surface area contributed by atoms with E-state index in [4.69, 9.17) is 11.6 Å². The number of halogens is 1. The summed E-state index contributed by atoms with van der Waals surface area (Å²) in [5.74, 6) is 0.884. The van der Waals surface area contributed by atoms with Gasteiger partial charge in [0.1, 0.15) is 0 Å². The molecule has 1 aromatic rings. The Balaban J connectivity index is 2.36. The van der Waals surface area contributed by atoms with Gasteiger partial charge < -0.3 is 4.90 Å². The summed E-state index contributed by atoms with van der Waals surface area (Å²) in [5.41, 5.74) is 1.13. The molecule has 0 atom stereocenters. The third kappa shape index (κ3) is 2.28. The number of fused-ring (bicyclic) bond motifs is 1. The number of hydrogen-bond donors (Lipinski definition) is 1. The molecule has 0 saturated heterocycles. The van der Waals surface area contributed by atoms with Crippen molar-refractivity contribution in [3.8, 4) is 0 Å². The van der Waals surface area contributed by atoms with Crippen molar-refractivity contribution in [2.45, 2.75) is 24.8 Å². The second-order valence-electron chi connectivity index (χ2n) is 3.92. The van der Waals surface area contributed by atoms with E-state index in [0.717, 1.165) is 21.6 Å². The average Bonchev–Trinajstić information content (AvgIpc) is 2.22. The predicted molar refractivity (Wildman–Crippen MR) is 71.4 cm³/mol. The van der Waals surface area contributed by atoms with E-state index in [0.29, 0.717) is 0 Å². The Morgan fingerprint density at radius 1 is 1.44 bits per heavy atom. The third-order valence-corrected chi connectivity index (χ3v) is 3.30. The lowest BCUT2D eigenvalue weighted by Crippen LogP contribution is -2.39. The zero-order valence-corrected chi connectivity index (χ0v) is 11.1. The Hall–Kier alpha value is -0.870. The molecule has 0 fully saturated rings. The van der Waals surface area contributed by atoms with Gasteiger partial charge in [-0.05, 0) is 44.0 Å². The molecule has 1 aliphatic rings. The Bertz CT molecular complexity index is 431. The molecule has 1 aliphatic heterocycles. The summed E-state index contributed by atoms with van der Waals surface area (Å²) in [6.45, 7) is 4.12. The van der Waals surface area contributed by atoms with Crippen molar-refractivity contribution in [1.82, 2.24) is 4.72 Å². The van der Waals surface area contributed by atoms with Crippen LogP contribution in [0.3, 0.4) is 0 Å². The highest BCUT2D eigenvalue weighted by molar-refractivity contribution is 7.98. The molecule has 0 radical (unpaired) electrons. The fourth-order valence-electron chi connectivity index (χ4n) is 1.49. The lowest BCUT2D eigenvalue weighted by atomic mass is 10.3. The first-order valence-corrected chi connectivity index (χ1v) is 6.31. The Morgan fingerprint density at radius 3 is 2.88 bits per heavy atom. The number of anilines is 1. The molecule has 3 nitrogen and oxygen atoms in total. The molecule has 2 rings (SSSR count). The van der Waals surface area contributed by atoms with E-state index >= 15 is 0 Å². The van der Waals surface area contributed by atoms with Gasteiger partial charge >= 0.3 is 0 Å². The highest BCUT2D eigenvalue weighted by Gasteiger charge is 2.19.